The van der Waals surface area contributed by atoms with Crippen LogP contribution in [-0.4, -0.2) is 23.6 Å². The molecule has 0 heterocycles. The van der Waals surface area contributed by atoms with Crippen molar-refractivity contribution in [3.63, 3.8) is 0 Å². The number of amides is 1. The molecule has 3 rings (SSSR count). The van der Waals surface area contributed by atoms with Crippen molar-refractivity contribution < 1.29 is 37.0 Å². The van der Waals surface area contributed by atoms with E-state index in [2.05, 4.69) is 5.32 Å². The van der Waals surface area contributed by atoms with Gasteiger partial charge in [0.05, 0.1) is 23.3 Å². The van der Waals surface area contributed by atoms with E-state index in [4.69, 9.17) is 4.74 Å². The average molecular weight is 475 g/mol. The van der Waals surface area contributed by atoms with Crippen molar-refractivity contribution in [3.8, 4) is 16.9 Å². The van der Waals surface area contributed by atoms with Crippen molar-refractivity contribution in [2.24, 2.45) is 0 Å². The number of hydrogen-bond acceptors (Lipinski definition) is 3. The van der Waals surface area contributed by atoms with Crippen LogP contribution in [0.3, 0.4) is 0 Å². The highest BCUT2D eigenvalue weighted by Crippen LogP contribution is 2.31. The lowest BCUT2D eigenvalue weighted by atomic mass is 9.98. The summed E-state index contributed by atoms with van der Waals surface area (Å²) >= 11 is 0. The maximum absolute atomic E-state index is 14.1. The Balaban J connectivity index is 1.87. The van der Waals surface area contributed by atoms with Gasteiger partial charge in [-0.15, -0.1) is 0 Å². The van der Waals surface area contributed by atoms with Crippen LogP contribution in [-0.2, 0) is 12.7 Å². The van der Waals surface area contributed by atoms with Crippen molar-refractivity contribution in [2.45, 2.75) is 26.6 Å². The maximum Gasteiger partial charge on any atom is 0.416 e. The Morgan fingerprint density at radius 1 is 0.971 bits per heavy atom. The molecule has 9 heteroatoms. The van der Waals surface area contributed by atoms with Crippen molar-refractivity contribution in [1.29, 1.82) is 0 Å². The molecular weight excluding hydrogens is 454 g/mol. The molecule has 0 saturated heterocycles. The predicted octanol–water partition coefficient (Wildman–Crippen LogP) is 5.85. The highest BCUT2D eigenvalue weighted by atomic mass is 19.4. The number of carbonyl (C=O) groups is 2. The number of ether oxygens (including phenoxy) is 1. The molecule has 0 aliphatic rings. The van der Waals surface area contributed by atoms with E-state index in [1.807, 2.05) is 0 Å². The number of halogens is 4. The predicted molar refractivity (Wildman–Crippen MR) is 117 cm³/mol. The summed E-state index contributed by atoms with van der Waals surface area (Å²) in [6.45, 7) is 3.70. The molecule has 0 aliphatic carbocycles. The molecule has 3 aromatic rings. The van der Waals surface area contributed by atoms with Crippen LogP contribution in [0.2, 0.25) is 0 Å². The summed E-state index contributed by atoms with van der Waals surface area (Å²) in [5, 5.41) is 11.9. The van der Waals surface area contributed by atoms with Crippen LogP contribution in [0.15, 0.2) is 54.6 Å². The van der Waals surface area contributed by atoms with Gasteiger partial charge >= 0.3 is 12.1 Å². The molecule has 5 nitrogen and oxygen atoms in total. The standard InChI is InChI=1S/C25H21F4NO4/c1-3-34-22-9-6-15(16-5-4-14(2)20(11-16)24(32)33)10-17(22)13-30-23(31)19-8-7-18(12-21(19)26)25(27,28)29/h4-12H,3,13H2,1-2H3,(H,30,31)(H,32,33). The number of benzene rings is 3. The summed E-state index contributed by atoms with van der Waals surface area (Å²) < 4.78 is 58.0. The summed E-state index contributed by atoms with van der Waals surface area (Å²) in [6.07, 6.45) is -4.72. The Morgan fingerprint density at radius 2 is 1.65 bits per heavy atom. The molecular formula is C25H21F4NO4. The van der Waals surface area contributed by atoms with Crippen LogP contribution in [0.25, 0.3) is 11.1 Å². The number of carboxylic acid groups (broad SMARTS) is 1. The highest BCUT2D eigenvalue weighted by Gasteiger charge is 2.31. The molecule has 3 aromatic carbocycles. The number of aryl methyl sites for hydroxylation is 1. The lowest BCUT2D eigenvalue weighted by molar-refractivity contribution is -0.137. The quantitative estimate of drug-likeness (QED) is 0.421. The SMILES string of the molecule is CCOc1ccc(-c2ccc(C)c(C(=O)O)c2)cc1CNC(=O)c1ccc(C(F)(F)F)cc1F. The van der Waals surface area contributed by atoms with Gasteiger partial charge in [0.15, 0.2) is 0 Å². The topological polar surface area (TPSA) is 75.6 Å². The number of nitrogens with one attached hydrogen (secondary N) is 1. The van der Waals surface area contributed by atoms with Gasteiger partial charge in [-0.05, 0) is 66.9 Å². The molecule has 0 radical (unpaired) electrons. The first-order chi connectivity index (χ1) is 16.0. The Kier molecular flexibility index (Phi) is 7.24. The minimum Gasteiger partial charge on any atom is -0.494 e. The monoisotopic (exact) mass is 475 g/mol. The lowest BCUT2D eigenvalue weighted by Crippen LogP contribution is -2.24. The van der Waals surface area contributed by atoms with Gasteiger partial charge in [-0.1, -0.05) is 18.2 Å². The summed E-state index contributed by atoms with van der Waals surface area (Å²) in [7, 11) is 0. The molecule has 0 unspecified atom stereocenters. The third-order valence-electron chi connectivity index (χ3n) is 5.14. The average Bonchev–Trinajstić information content (AvgIpc) is 2.77. The number of rotatable bonds is 7. The van der Waals surface area contributed by atoms with E-state index in [1.54, 1.807) is 44.2 Å². The number of carbonyl (C=O) groups excluding carboxylic acids is 1. The molecule has 0 atom stereocenters. The van der Waals surface area contributed by atoms with Gasteiger partial charge in [0.25, 0.3) is 5.91 Å². The van der Waals surface area contributed by atoms with Crippen LogP contribution in [0.1, 0.15) is 44.3 Å². The molecule has 1 amide bonds. The fourth-order valence-corrected chi connectivity index (χ4v) is 3.37. The van der Waals surface area contributed by atoms with Crippen LogP contribution in [0.4, 0.5) is 17.6 Å². The zero-order chi connectivity index (χ0) is 25.0. The molecule has 0 saturated carbocycles. The number of carboxylic acids is 1. The summed E-state index contributed by atoms with van der Waals surface area (Å²) in [5.74, 6) is -2.78. The number of alkyl halides is 3. The molecule has 0 bridgehead atoms. The van der Waals surface area contributed by atoms with Crippen molar-refractivity contribution in [1.82, 2.24) is 5.32 Å². The van der Waals surface area contributed by atoms with Crippen LogP contribution in [0, 0.1) is 12.7 Å². The van der Waals surface area contributed by atoms with Crippen molar-refractivity contribution >= 4 is 11.9 Å². The van der Waals surface area contributed by atoms with E-state index in [0.717, 1.165) is 6.07 Å². The molecule has 178 valence electrons. The van der Waals surface area contributed by atoms with Crippen molar-refractivity contribution in [2.75, 3.05) is 6.61 Å². The van der Waals surface area contributed by atoms with Gasteiger partial charge < -0.3 is 15.2 Å². The van der Waals surface area contributed by atoms with Crippen LogP contribution < -0.4 is 10.1 Å². The third-order valence-corrected chi connectivity index (χ3v) is 5.14. The fraction of sp³-hybridized carbons (Fsp3) is 0.200. The smallest absolute Gasteiger partial charge is 0.416 e. The van der Waals surface area contributed by atoms with Gasteiger partial charge in [-0.3, -0.25) is 4.79 Å². The van der Waals surface area contributed by atoms with Crippen LogP contribution >= 0.6 is 0 Å². The Hall–Kier alpha value is -3.88. The van der Waals surface area contributed by atoms with E-state index in [0.29, 0.717) is 40.7 Å². The van der Waals surface area contributed by atoms with Gasteiger partial charge in [0.1, 0.15) is 11.6 Å². The first-order valence-electron chi connectivity index (χ1n) is 10.3. The van der Waals surface area contributed by atoms with Gasteiger partial charge in [-0.2, -0.15) is 13.2 Å². The van der Waals surface area contributed by atoms with Gasteiger partial charge in [0, 0.05) is 12.1 Å². The second-order valence-electron chi connectivity index (χ2n) is 7.47. The first kappa shape index (κ1) is 24.8. The van der Waals surface area contributed by atoms with Gasteiger partial charge in [0.2, 0.25) is 0 Å². The fourth-order valence-electron chi connectivity index (χ4n) is 3.37. The summed E-state index contributed by atoms with van der Waals surface area (Å²) in [4.78, 5) is 23.9. The summed E-state index contributed by atoms with van der Waals surface area (Å²) in [6, 6.07) is 11.8. The van der Waals surface area contributed by atoms with E-state index in [-0.39, 0.29) is 18.2 Å². The summed E-state index contributed by atoms with van der Waals surface area (Å²) in [5.41, 5.74) is 0.867. The van der Waals surface area contributed by atoms with E-state index < -0.39 is 35.0 Å². The molecule has 34 heavy (non-hydrogen) atoms. The highest BCUT2D eigenvalue weighted by molar-refractivity contribution is 5.94. The van der Waals surface area contributed by atoms with E-state index >= 15 is 0 Å². The molecule has 0 aromatic heterocycles. The minimum absolute atomic E-state index is 0.0971. The Labute approximate surface area is 193 Å². The third kappa shape index (κ3) is 5.54. The largest absolute Gasteiger partial charge is 0.494 e. The second kappa shape index (κ2) is 9.94. The lowest BCUT2D eigenvalue weighted by Gasteiger charge is -2.14. The molecule has 0 aliphatic heterocycles. The van der Waals surface area contributed by atoms with Gasteiger partial charge in [-0.25, -0.2) is 9.18 Å². The van der Waals surface area contributed by atoms with E-state index in [1.165, 1.54) is 6.07 Å². The van der Waals surface area contributed by atoms with E-state index in [9.17, 15) is 32.3 Å². The second-order valence-corrected chi connectivity index (χ2v) is 7.47. The van der Waals surface area contributed by atoms with Crippen molar-refractivity contribution in [3.05, 3.63) is 88.2 Å². The Bertz CT molecular complexity index is 1240. The molecule has 0 spiro atoms. The molecule has 2 N–H and O–H groups in total. The number of hydrogen-bond donors (Lipinski definition) is 2. The Morgan fingerprint density at radius 3 is 2.26 bits per heavy atom. The van der Waals surface area contributed by atoms with Crippen LogP contribution in [0.5, 0.6) is 5.75 Å². The number of aromatic carboxylic acids is 1. The minimum atomic E-state index is -4.72. The maximum atomic E-state index is 14.1. The zero-order valence-electron chi connectivity index (χ0n) is 18.3. The zero-order valence-corrected chi connectivity index (χ0v) is 18.3. The first-order valence-corrected chi connectivity index (χ1v) is 10.3. The normalized spacial score (nSPS) is 11.2. The molecule has 0 fully saturated rings.